The van der Waals surface area contributed by atoms with E-state index in [1.54, 1.807) is 24.3 Å². The molecule has 0 radical (unpaired) electrons. The number of carbonyl (C=O) groups is 1. The predicted octanol–water partition coefficient (Wildman–Crippen LogP) is 0.584. The number of aromatic nitrogens is 2. The van der Waals surface area contributed by atoms with Crippen LogP contribution in [0.2, 0.25) is 0 Å². The number of benzene rings is 1. The molecule has 1 aromatic carbocycles. The van der Waals surface area contributed by atoms with Crippen molar-refractivity contribution in [3.63, 3.8) is 0 Å². The van der Waals surface area contributed by atoms with Gasteiger partial charge >= 0.3 is 6.03 Å². The largest absolute Gasteiger partial charge is 0.340 e. The second kappa shape index (κ2) is 3.53. The molecule has 0 bridgehead atoms. The smallest absolute Gasteiger partial charge is 0.327 e. The average Bonchev–Trinajstić information content (AvgIpc) is 2.29. The summed E-state index contributed by atoms with van der Waals surface area (Å²) in [6, 6.07) is 6.53. The van der Waals surface area contributed by atoms with Crippen LogP contribution in [0.15, 0.2) is 35.4 Å². The minimum atomic E-state index is -0.328. The first-order chi connectivity index (χ1) is 7.24. The molecule has 5 nitrogen and oxygen atoms in total. The standard InChI is InChI=1S/C10H9N3O2/c1-11-10(15)13-6-12-9(14)7-4-2-3-5-8(7)13/h2-6H,1H3,(H,11,15). The van der Waals surface area contributed by atoms with Crippen LogP contribution in [0.3, 0.4) is 0 Å². The van der Waals surface area contributed by atoms with Crippen molar-refractivity contribution in [1.29, 1.82) is 0 Å². The summed E-state index contributed by atoms with van der Waals surface area (Å²) in [7, 11) is 1.52. The molecule has 76 valence electrons. The van der Waals surface area contributed by atoms with Crippen LogP contribution in [0.25, 0.3) is 10.9 Å². The molecule has 2 rings (SSSR count). The lowest BCUT2D eigenvalue weighted by Gasteiger charge is -2.06. The van der Waals surface area contributed by atoms with Gasteiger partial charge in [-0.2, -0.15) is 4.98 Å². The van der Waals surface area contributed by atoms with Gasteiger partial charge in [-0.05, 0) is 12.1 Å². The van der Waals surface area contributed by atoms with E-state index in [4.69, 9.17) is 0 Å². The predicted molar refractivity (Wildman–Crippen MR) is 55.9 cm³/mol. The van der Waals surface area contributed by atoms with Crippen molar-refractivity contribution in [3.8, 4) is 0 Å². The van der Waals surface area contributed by atoms with Crippen molar-refractivity contribution in [2.45, 2.75) is 0 Å². The minimum absolute atomic E-state index is 0.321. The summed E-state index contributed by atoms with van der Waals surface area (Å²) in [4.78, 5) is 26.5. The van der Waals surface area contributed by atoms with Gasteiger partial charge in [-0.1, -0.05) is 12.1 Å². The van der Waals surface area contributed by atoms with Crippen LogP contribution >= 0.6 is 0 Å². The zero-order chi connectivity index (χ0) is 10.8. The summed E-state index contributed by atoms with van der Waals surface area (Å²) < 4.78 is 1.30. The molecule has 1 amide bonds. The van der Waals surface area contributed by atoms with E-state index in [0.717, 1.165) is 0 Å². The Morgan fingerprint density at radius 2 is 2.13 bits per heavy atom. The SMILES string of the molecule is CNC(=O)n1cnc(=O)c2ccccc21. The third-order valence-electron chi connectivity index (χ3n) is 2.12. The molecule has 1 N–H and O–H groups in total. The van der Waals surface area contributed by atoms with Gasteiger partial charge in [0.2, 0.25) is 0 Å². The Bertz CT molecular complexity index is 574. The Morgan fingerprint density at radius 3 is 2.87 bits per heavy atom. The lowest BCUT2D eigenvalue weighted by Crippen LogP contribution is -2.27. The molecule has 0 fully saturated rings. The van der Waals surface area contributed by atoms with Gasteiger partial charge in [0.05, 0.1) is 10.9 Å². The van der Waals surface area contributed by atoms with Crippen LogP contribution in [0.5, 0.6) is 0 Å². The van der Waals surface area contributed by atoms with Crippen LogP contribution in [-0.2, 0) is 0 Å². The Kier molecular flexibility index (Phi) is 2.21. The minimum Gasteiger partial charge on any atom is -0.340 e. The zero-order valence-electron chi connectivity index (χ0n) is 8.10. The van der Waals surface area contributed by atoms with Gasteiger partial charge < -0.3 is 5.32 Å². The van der Waals surface area contributed by atoms with Gasteiger partial charge in [0, 0.05) is 7.05 Å². The first-order valence-corrected chi connectivity index (χ1v) is 4.42. The van der Waals surface area contributed by atoms with Crippen LogP contribution in [0.4, 0.5) is 4.79 Å². The highest BCUT2D eigenvalue weighted by molar-refractivity contribution is 5.89. The number of fused-ring (bicyclic) bond motifs is 1. The molecular formula is C10H9N3O2. The van der Waals surface area contributed by atoms with E-state index in [1.165, 1.54) is 17.9 Å². The number of carbonyl (C=O) groups excluding carboxylic acids is 1. The van der Waals surface area contributed by atoms with Crippen LogP contribution in [0, 0.1) is 0 Å². The maximum Gasteiger partial charge on any atom is 0.327 e. The highest BCUT2D eigenvalue weighted by atomic mass is 16.2. The molecule has 15 heavy (non-hydrogen) atoms. The van der Waals surface area contributed by atoms with E-state index in [1.807, 2.05) is 0 Å². The van der Waals surface area contributed by atoms with Gasteiger partial charge in [0.15, 0.2) is 0 Å². The molecule has 0 aliphatic rings. The van der Waals surface area contributed by atoms with Crippen molar-refractivity contribution >= 4 is 16.9 Å². The molecular weight excluding hydrogens is 194 g/mol. The summed E-state index contributed by atoms with van der Waals surface area (Å²) in [6.07, 6.45) is 1.23. The highest BCUT2D eigenvalue weighted by Crippen LogP contribution is 2.07. The maximum absolute atomic E-state index is 11.4. The maximum atomic E-state index is 11.4. The number of hydrogen-bond acceptors (Lipinski definition) is 3. The number of para-hydroxylation sites is 1. The second-order valence-corrected chi connectivity index (χ2v) is 2.99. The van der Waals surface area contributed by atoms with E-state index in [2.05, 4.69) is 10.3 Å². The van der Waals surface area contributed by atoms with Crippen LogP contribution in [0.1, 0.15) is 0 Å². The Balaban J connectivity index is 2.83. The van der Waals surface area contributed by atoms with E-state index in [-0.39, 0.29) is 11.6 Å². The van der Waals surface area contributed by atoms with Crippen LogP contribution < -0.4 is 10.9 Å². The molecule has 0 unspecified atom stereocenters. The van der Waals surface area contributed by atoms with Crippen molar-refractivity contribution in [2.75, 3.05) is 7.05 Å². The van der Waals surface area contributed by atoms with Crippen molar-refractivity contribution in [2.24, 2.45) is 0 Å². The normalized spacial score (nSPS) is 10.2. The highest BCUT2D eigenvalue weighted by Gasteiger charge is 2.07. The quantitative estimate of drug-likeness (QED) is 0.681. The molecule has 5 heteroatoms. The Morgan fingerprint density at radius 1 is 1.40 bits per heavy atom. The lowest BCUT2D eigenvalue weighted by molar-refractivity contribution is 0.245. The average molecular weight is 203 g/mol. The lowest BCUT2D eigenvalue weighted by atomic mass is 10.2. The second-order valence-electron chi connectivity index (χ2n) is 2.99. The fourth-order valence-electron chi connectivity index (χ4n) is 1.39. The molecule has 2 aromatic rings. The number of nitrogens with zero attached hydrogens (tertiary/aromatic N) is 2. The number of amides is 1. The molecule has 1 aromatic heterocycles. The van der Waals surface area contributed by atoms with Gasteiger partial charge in [-0.3, -0.25) is 9.36 Å². The Hall–Kier alpha value is -2.17. The van der Waals surface area contributed by atoms with Gasteiger partial charge in [-0.15, -0.1) is 0 Å². The monoisotopic (exact) mass is 203 g/mol. The van der Waals surface area contributed by atoms with Crippen LogP contribution in [-0.4, -0.2) is 22.6 Å². The molecule has 0 atom stereocenters. The molecule has 0 saturated heterocycles. The van der Waals surface area contributed by atoms with E-state index >= 15 is 0 Å². The third-order valence-corrected chi connectivity index (χ3v) is 2.12. The number of hydrogen-bond donors (Lipinski definition) is 1. The van der Waals surface area contributed by atoms with Crippen molar-refractivity contribution < 1.29 is 4.79 Å². The molecule has 1 heterocycles. The van der Waals surface area contributed by atoms with E-state index in [0.29, 0.717) is 10.9 Å². The fraction of sp³-hybridized carbons (Fsp3) is 0.100. The summed E-state index contributed by atoms with van der Waals surface area (Å²) in [6.45, 7) is 0. The summed E-state index contributed by atoms with van der Waals surface area (Å²) in [5.41, 5.74) is 0.225. The fourth-order valence-corrected chi connectivity index (χ4v) is 1.39. The Labute approximate surface area is 85.4 Å². The number of rotatable bonds is 0. The molecule has 0 aliphatic heterocycles. The number of nitrogens with one attached hydrogen (secondary N) is 1. The van der Waals surface area contributed by atoms with Crippen molar-refractivity contribution in [3.05, 3.63) is 40.9 Å². The zero-order valence-corrected chi connectivity index (χ0v) is 8.10. The molecule has 0 saturated carbocycles. The van der Waals surface area contributed by atoms with Crippen molar-refractivity contribution in [1.82, 2.24) is 14.9 Å². The molecule has 0 aliphatic carbocycles. The first kappa shape index (κ1) is 9.39. The summed E-state index contributed by atoms with van der Waals surface area (Å²) in [5, 5.41) is 2.91. The summed E-state index contributed by atoms with van der Waals surface area (Å²) >= 11 is 0. The first-order valence-electron chi connectivity index (χ1n) is 4.42. The van der Waals surface area contributed by atoms with E-state index in [9.17, 15) is 9.59 Å². The topological polar surface area (TPSA) is 64.0 Å². The van der Waals surface area contributed by atoms with E-state index < -0.39 is 0 Å². The molecule has 0 spiro atoms. The summed E-state index contributed by atoms with van der Waals surface area (Å²) in [5.74, 6) is 0. The third kappa shape index (κ3) is 1.48. The van der Waals surface area contributed by atoms with Gasteiger partial charge in [0.1, 0.15) is 6.33 Å². The van der Waals surface area contributed by atoms with Gasteiger partial charge in [0.25, 0.3) is 5.56 Å². The van der Waals surface area contributed by atoms with Gasteiger partial charge in [-0.25, -0.2) is 4.79 Å².